The maximum absolute atomic E-state index is 11.7. The van der Waals surface area contributed by atoms with Gasteiger partial charge in [0.1, 0.15) is 5.75 Å². The normalized spacial score (nSPS) is 10.7. The lowest BCUT2D eigenvalue weighted by Crippen LogP contribution is -2.01. The largest absolute Gasteiger partial charge is 0.494 e. The Kier molecular flexibility index (Phi) is 5.90. The summed E-state index contributed by atoms with van der Waals surface area (Å²) in [5, 5.41) is 13.2. The summed E-state index contributed by atoms with van der Waals surface area (Å²) in [7, 11) is 0. The zero-order valence-electron chi connectivity index (χ0n) is 14.3. The Morgan fingerprint density at radius 1 is 1.23 bits per heavy atom. The SMILES string of the molecule is CCOc1ccc(C(C)=O)cc1CSc1nnnn1-c1ccc(Cl)cc1. The molecule has 0 aliphatic rings. The van der Waals surface area contributed by atoms with E-state index >= 15 is 0 Å². The van der Waals surface area contributed by atoms with Gasteiger partial charge in [0.2, 0.25) is 5.16 Å². The van der Waals surface area contributed by atoms with Gasteiger partial charge in [-0.25, -0.2) is 0 Å². The Balaban J connectivity index is 1.83. The lowest BCUT2D eigenvalue weighted by atomic mass is 10.1. The standard InChI is InChI=1S/C18H17ClN4O2S/c1-3-25-17-9-4-13(12(2)24)10-14(17)11-26-18-20-21-22-23(18)16-7-5-15(19)6-8-16/h4-10H,3,11H2,1-2H3. The number of rotatable bonds is 7. The second-order valence-electron chi connectivity index (χ2n) is 5.45. The van der Waals surface area contributed by atoms with E-state index in [1.165, 1.54) is 11.8 Å². The van der Waals surface area contributed by atoms with Crippen LogP contribution in [0.3, 0.4) is 0 Å². The van der Waals surface area contributed by atoms with E-state index in [-0.39, 0.29) is 5.78 Å². The first-order valence-corrected chi connectivity index (χ1v) is 9.38. The number of nitrogens with zero attached hydrogens (tertiary/aromatic N) is 4. The highest BCUT2D eigenvalue weighted by Crippen LogP contribution is 2.29. The number of ketones is 1. The van der Waals surface area contributed by atoms with Crippen LogP contribution < -0.4 is 4.74 Å². The van der Waals surface area contributed by atoms with Crippen molar-refractivity contribution in [2.45, 2.75) is 24.8 Å². The molecule has 3 rings (SSSR count). The summed E-state index contributed by atoms with van der Waals surface area (Å²) < 4.78 is 7.32. The number of carbonyl (C=O) groups excluding carboxylic acids is 1. The third-order valence-electron chi connectivity index (χ3n) is 3.64. The quantitative estimate of drug-likeness (QED) is 0.446. The molecular weight excluding hydrogens is 372 g/mol. The molecule has 3 aromatic rings. The van der Waals surface area contributed by atoms with Crippen LogP contribution in [0.15, 0.2) is 47.6 Å². The minimum atomic E-state index is 0.0188. The van der Waals surface area contributed by atoms with Gasteiger partial charge in [-0.05, 0) is 66.7 Å². The average molecular weight is 389 g/mol. The molecule has 0 atom stereocenters. The molecule has 0 radical (unpaired) electrons. The fourth-order valence-electron chi connectivity index (χ4n) is 2.36. The highest BCUT2D eigenvalue weighted by Gasteiger charge is 2.13. The molecule has 1 heterocycles. The minimum Gasteiger partial charge on any atom is -0.494 e. The summed E-state index contributed by atoms with van der Waals surface area (Å²) in [5.41, 5.74) is 2.40. The smallest absolute Gasteiger partial charge is 0.214 e. The third kappa shape index (κ3) is 4.23. The van der Waals surface area contributed by atoms with Crippen molar-refractivity contribution in [1.82, 2.24) is 20.2 Å². The van der Waals surface area contributed by atoms with Crippen LogP contribution in [0.4, 0.5) is 0 Å². The zero-order chi connectivity index (χ0) is 18.5. The number of halogens is 1. The van der Waals surface area contributed by atoms with Crippen LogP contribution in [0.1, 0.15) is 29.8 Å². The van der Waals surface area contributed by atoms with Crippen molar-refractivity contribution in [1.29, 1.82) is 0 Å². The highest BCUT2D eigenvalue weighted by atomic mass is 35.5. The first-order valence-electron chi connectivity index (χ1n) is 8.02. The molecule has 0 aliphatic heterocycles. The van der Waals surface area contributed by atoms with Crippen molar-refractivity contribution in [3.8, 4) is 11.4 Å². The number of hydrogen-bond donors (Lipinski definition) is 0. The lowest BCUT2D eigenvalue weighted by Gasteiger charge is -2.11. The van der Waals surface area contributed by atoms with Gasteiger partial charge in [-0.15, -0.1) is 5.10 Å². The van der Waals surface area contributed by atoms with Gasteiger partial charge >= 0.3 is 0 Å². The number of Topliss-reactive ketones (excluding diaryl/α,β-unsaturated/α-hetero) is 1. The Hall–Kier alpha value is -2.38. The van der Waals surface area contributed by atoms with E-state index in [1.807, 2.05) is 31.2 Å². The van der Waals surface area contributed by atoms with E-state index in [4.69, 9.17) is 16.3 Å². The van der Waals surface area contributed by atoms with Crippen LogP contribution in [0.5, 0.6) is 5.75 Å². The van der Waals surface area contributed by atoms with E-state index in [9.17, 15) is 4.79 Å². The molecule has 0 bridgehead atoms. The van der Waals surface area contributed by atoms with E-state index in [0.29, 0.717) is 28.1 Å². The third-order valence-corrected chi connectivity index (χ3v) is 4.86. The van der Waals surface area contributed by atoms with E-state index in [0.717, 1.165) is 17.0 Å². The van der Waals surface area contributed by atoms with Crippen molar-refractivity contribution in [3.05, 3.63) is 58.6 Å². The number of benzene rings is 2. The monoisotopic (exact) mass is 388 g/mol. The molecule has 0 N–H and O–H groups in total. The average Bonchev–Trinajstić information content (AvgIpc) is 3.10. The van der Waals surface area contributed by atoms with Gasteiger partial charge in [0.15, 0.2) is 5.78 Å². The zero-order valence-corrected chi connectivity index (χ0v) is 15.9. The summed E-state index contributed by atoms with van der Waals surface area (Å²) in [4.78, 5) is 11.7. The summed E-state index contributed by atoms with van der Waals surface area (Å²) in [6, 6.07) is 12.7. The van der Waals surface area contributed by atoms with Gasteiger partial charge in [-0.2, -0.15) is 4.68 Å². The molecule has 1 aromatic heterocycles. The van der Waals surface area contributed by atoms with Gasteiger partial charge in [0.05, 0.1) is 12.3 Å². The number of aromatic nitrogens is 4. The molecule has 8 heteroatoms. The topological polar surface area (TPSA) is 69.9 Å². The lowest BCUT2D eigenvalue weighted by molar-refractivity contribution is 0.101. The van der Waals surface area contributed by atoms with Crippen molar-refractivity contribution < 1.29 is 9.53 Å². The van der Waals surface area contributed by atoms with Crippen LogP contribution in [-0.4, -0.2) is 32.6 Å². The van der Waals surface area contributed by atoms with Crippen LogP contribution in [0.25, 0.3) is 5.69 Å². The molecule has 0 saturated heterocycles. The van der Waals surface area contributed by atoms with Crippen molar-refractivity contribution in [2.24, 2.45) is 0 Å². The van der Waals surface area contributed by atoms with Gasteiger partial charge in [-0.1, -0.05) is 23.4 Å². The second-order valence-corrected chi connectivity index (χ2v) is 6.83. The summed E-state index contributed by atoms with van der Waals surface area (Å²) >= 11 is 7.40. The maximum Gasteiger partial charge on any atom is 0.214 e. The fourth-order valence-corrected chi connectivity index (χ4v) is 3.36. The van der Waals surface area contributed by atoms with Crippen LogP contribution >= 0.6 is 23.4 Å². The fraction of sp³-hybridized carbons (Fsp3) is 0.222. The summed E-state index contributed by atoms with van der Waals surface area (Å²) in [5.74, 6) is 1.35. The Bertz CT molecular complexity index is 912. The highest BCUT2D eigenvalue weighted by molar-refractivity contribution is 7.98. The number of thioether (sulfide) groups is 1. The molecule has 134 valence electrons. The molecule has 0 amide bonds. The molecule has 0 fully saturated rings. The van der Waals surface area contributed by atoms with E-state index in [2.05, 4.69) is 15.5 Å². The minimum absolute atomic E-state index is 0.0188. The van der Waals surface area contributed by atoms with Gasteiger partial charge in [0.25, 0.3) is 0 Å². The van der Waals surface area contributed by atoms with Crippen molar-refractivity contribution in [3.63, 3.8) is 0 Å². The van der Waals surface area contributed by atoms with Crippen molar-refractivity contribution in [2.75, 3.05) is 6.61 Å². The molecule has 0 spiro atoms. The number of hydrogen-bond acceptors (Lipinski definition) is 6. The van der Waals surface area contributed by atoms with Crippen LogP contribution in [-0.2, 0) is 5.75 Å². The molecule has 0 aliphatic carbocycles. The first kappa shape index (κ1) is 18.4. The summed E-state index contributed by atoms with van der Waals surface area (Å²) in [6.45, 7) is 4.03. The molecule has 2 aromatic carbocycles. The Labute approximate surface area is 160 Å². The Morgan fingerprint density at radius 2 is 2.00 bits per heavy atom. The van der Waals surface area contributed by atoms with E-state index in [1.54, 1.807) is 29.8 Å². The molecular formula is C18H17ClN4O2S. The number of carbonyl (C=O) groups is 1. The maximum atomic E-state index is 11.7. The number of tetrazole rings is 1. The van der Waals surface area contributed by atoms with Crippen LogP contribution in [0, 0.1) is 0 Å². The van der Waals surface area contributed by atoms with Gasteiger partial charge in [-0.3, -0.25) is 4.79 Å². The molecule has 0 unspecified atom stereocenters. The Morgan fingerprint density at radius 3 is 2.69 bits per heavy atom. The van der Waals surface area contributed by atoms with Gasteiger partial charge in [0, 0.05) is 21.9 Å². The van der Waals surface area contributed by atoms with E-state index < -0.39 is 0 Å². The second kappa shape index (κ2) is 8.33. The first-order chi connectivity index (χ1) is 12.6. The van der Waals surface area contributed by atoms with Crippen LogP contribution in [0.2, 0.25) is 5.02 Å². The predicted molar refractivity (Wildman–Crippen MR) is 101 cm³/mol. The molecule has 6 nitrogen and oxygen atoms in total. The number of ether oxygens (including phenoxy) is 1. The van der Waals surface area contributed by atoms with Crippen molar-refractivity contribution >= 4 is 29.1 Å². The predicted octanol–water partition coefficient (Wildman–Crippen LogP) is 4.21. The van der Waals surface area contributed by atoms with Gasteiger partial charge < -0.3 is 4.74 Å². The summed E-state index contributed by atoms with van der Waals surface area (Å²) in [6.07, 6.45) is 0. The molecule has 26 heavy (non-hydrogen) atoms. The molecule has 0 saturated carbocycles.